The number of carbonyl (C=O) groups excluding carboxylic acids is 1. The fraction of sp³-hybridized carbons (Fsp3) is 0.600. The predicted octanol–water partition coefficient (Wildman–Crippen LogP) is 0.270. The van der Waals surface area contributed by atoms with Gasteiger partial charge >= 0.3 is 11.9 Å². The minimum atomic E-state index is -1.14. The molecule has 24 heavy (non-hydrogen) atoms. The number of carboxylic acid groups (broad SMARTS) is 2. The first kappa shape index (κ1) is 16.4. The molecule has 2 aliphatic heterocycles. The van der Waals surface area contributed by atoms with Crippen LogP contribution in [0.2, 0.25) is 0 Å². The zero-order valence-electron chi connectivity index (χ0n) is 13.3. The van der Waals surface area contributed by atoms with E-state index in [2.05, 4.69) is 4.98 Å². The molecule has 9 heteroatoms. The molecule has 2 N–H and O–H groups in total. The van der Waals surface area contributed by atoms with Crippen molar-refractivity contribution < 1.29 is 29.0 Å². The Hall–Kier alpha value is -2.42. The van der Waals surface area contributed by atoms with E-state index >= 15 is 0 Å². The van der Waals surface area contributed by atoms with Gasteiger partial charge in [-0.1, -0.05) is 0 Å². The van der Waals surface area contributed by atoms with E-state index in [0.717, 1.165) is 6.26 Å². The largest absolute Gasteiger partial charge is 0.481 e. The van der Waals surface area contributed by atoms with Crippen LogP contribution in [0, 0.1) is 5.92 Å². The minimum Gasteiger partial charge on any atom is -0.481 e. The van der Waals surface area contributed by atoms with Crippen LogP contribution in [0.1, 0.15) is 35.6 Å². The summed E-state index contributed by atoms with van der Waals surface area (Å²) >= 11 is 0. The fourth-order valence-corrected chi connectivity index (χ4v) is 3.76. The van der Waals surface area contributed by atoms with Crippen molar-refractivity contribution in [1.29, 1.82) is 0 Å². The second kappa shape index (κ2) is 5.90. The maximum absolute atomic E-state index is 12.0. The van der Waals surface area contributed by atoms with Gasteiger partial charge in [-0.25, -0.2) is 9.78 Å². The molecule has 0 bridgehead atoms. The van der Waals surface area contributed by atoms with E-state index in [9.17, 15) is 19.5 Å². The first-order valence-corrected chi connectivity index (χ1v) is 7.73. The van der Waals surface area contributed by atoms with Gasteiger partial charge in [0.2, 0.25) is 11.8 Å². The number of carbonyl (C=O) groups is 3. The molecule has 0 aromatic carbocycles. The average molecular weight is 337 g/mol. The summed E-state index contributed by atoms with van der Waals surface area (Å²) in [5.41, 5.74) is -0.770. The summed E-state index contributed by atoms with van der Waals surface area (Å²) in [4.78, 5) is 41.8. The molecule has 0 aliphatic carbocycles. The number of rotatable bonds is 4. The standard InChI is InChI=1S/C15H19N3O6/c1-17-12(19)6-9(13(20)21)15(17)2-4-18(5-3-15)7-11-16-10(8-24-11)14(22)23/h8-9H,2-7H2,1H3,(H,20,21)(H,22,23). The molecule has 1 aromatic rings. The number of aromatic nitrogens is 1. The van der Waals surface area contributed by atoms with Crippen LogP contribution >= 0.6 is 0 Å². The van der Waals surface area contributed by atoms with Gasteiger partial charge in [-0.05, 0) is 12.8 Å². The van der Waals surface area contributed by atoms with Gasteiger partial charge in [0, 0.05) is 26.6 Å². The fourth-order valence-electron chi connectivity index (χ4n) is 3.76. The molecule has 1 atom stereocenters. The van der Waals surface area contributed by atoms with Crippen LogP contribution in [0.15, 0.2) is 10.7 Å². The van der Waals surface area contributed by atoms with Crippen LogP contribution in [0.25, 0.3) is 0 Å². The molecular formula is C15H19N3O6. The van der Waals surface area contributed by atoms with Crippen molar-refractivity contribution in [2.24, 2.45) is 5.92 Å². The van der Waals surface area contributed by atoms with E-state index < -0.39 is 23.4 Å². The zero-order chi connectivity index (χ0) is 17.5. The molecule has 9 nitrogen and oxygen atoms in total. The van der Waals surface area contributed by atoms with Gasteiger partial charge in [0.1, 0.15) is 6.26 Å². The molecule has 0 saturated carbocycles. The third-order valence-electron chi connectivity index (χ3n) is 5.22. The second-order valence-corrected chi connectivity index (χ2v) is 6.36. The number of piperidine rings is 1. The normalized spacial score (nSPS) is 23.8. The molecule has 2 saturated heterocycles. The Labute approximate surface area is 137 Å². The van der Waals surface area contributed by atoms with Gasteiger partial charge in [0.25, 0.3) is 0 Å². The molecule has 3 rings (SSSR count). The number of nitrogens with zero attached hydrogens (tertiary/aromatic N) is 3. The van der Waals surface area contributed by atoms with E-state index in [0.29, 0.717) is 38.4 Å². The summed E-state index contributed by atoms with van der Waals surface area (Å²) in [6.07, 6.45) is 2.26. The monoisotopic (exact) mass is 337 g/mol. The van der Waals surface area contributed by atoms with Gasteiger partial charge < -0.3 is 19.5 Å². The molecule has 1 aromatic heterocycles. The Morgan fingerprint density at radius 2 is 2.04 bits per heavy atom. The number of carboxylic acids is 2. The van der Waals surface area contributed by atoms with Crippen LogP contribution in [0.4, 0.5) is 0 Å². The van der Waals surface area contributed by atoms with Crippen molar-refractivity contribution in [3.8, 4) is 0 Å². The summed E-state index contributed by atoms with van der Waals surface area (Å²) in [6.45, 7) is 1.54. The lowest BCUT2D eigenvalue weighted by molar-refractivity contribution is -0.146. The quantitative estimate of drug-likeness (QED) is 0.802. The molecular weight excluding hydrogens is 318 g/mol. The molecule has 130 valence electrons. The smallest absolute Gasteiger partial charge is 0.357 e. The van der Waals surface area contributed by atoms with Crippen molar-refractivity contribution in [3.63, 3.8) is 0 Å². The first-order chi connectivity index (χ1) is 11.3. The average Bonchev–Trinajstić information content (AvgIpc) is 3.09. The minimum absolute atomic E-state index is 0.0492. The topological polar surface area (TPSA) is 124 Å². The van der Waals surface area contributed by atoms with Crippen molar-refractivity contribution in [1.82, 2.24) is 14.8 Å². The highest BCUT2D eigenvalue weighted by Crippen LogP contribution is 2.42. The highest BCUT2D eigenvalue weighted by Gasteiger charge is 2.55. The van der Waals surface area contributed by atoms with Crippen molar-refractivity contribution >= 4 is 17.8 Å². The molecule has 3 heterocycles. The summed E-state index contributed by atoms with van der Waals surface area (Å²) in [5, 5.41) is 18.3. The van der Waals surface area contributed by atoms with Crippen LogP contribution in [0.3, 0.4) is 0 Å². The number of aliphatic carboxylic acids is 1. The summed E-state index contributed by atoms with van der Waals surface area (Å²) < 4.78 is 5.15. The molecule has 1 unspecified atom stereocenters. The summed E-state index contributed by atoms with van der Waals surface area (Å²) in [7, 11) is 1.67. The Bertz CT molecular complexity index is 677. The number of hydrogen-bond acceptors (Lipinski definition) is 6. The Morgan fingerprint density at radius 3 is 2.58 bits per heavy atom. The Kier molecular flexibility index (Phi) is 4.04. The van der Waals surface area contributed by atoms with Gasteiger partial charge in [0.15, 0.2) is 5.69 Å². The Balaban J connectivity index is 1.67. The lowest BCUT2D eigenvalue weighted by atomic mass is 9.77. The van der Waals surface area contributed by atoms with Gasteiger partial charge in [0.05, 0.1) is 18.0 Å². The van der Waals surface area contributed by atoms with E-state index in [4.69, 9.17) is 9.52 Å². The molecule has 1 amide bonds. The molecule has 2 aliphatic rings. The Morgan fingerprint density at radius 1 is 1.38 bits per heavy atom. The van der Waals surface area contributed by atoms with Crippen LogP contribution in [-0.2, 0) is 16.1 Å². The number of oxazole rings is 1. The number of hydrogen-bond donors (Lipinski definition) is 2. The van der Waals surface area contributed by atoms with Gasteiger partial charge in [-0.15, -0.1) is 0 Å². The molecule has 2 fully saturated rings. The second-order valence-electron chi connectivity index (χ2n) is 6.36. The van der Waals surface area contributed by atoms with Gasteiger partial charge in [-0.2, -0.15) is 0 Å². The maximum Gasteiger partial charge on any atom is 0.357 e. The van der Waals surface area contributed by atoms with Crippen LogP contribution in [0.5, 0.6) is 0 Å². The lowest BCUT2D eigenvalue weighted by Crippen LogP contribution is -2.55. The lowest BCUT2D eigenvalue weighted by Gasteiger charge is -2.45. The van der Waals surface area contributed by atoms with Crippen LogP contribution < -0.4 is 0 Å². The van der Waals surface area contributed by atoms with Crippen LogP contribution in [-0.4, -0.2) is 68.5 Å². The number of amides is 1. The molecule has 0 radical (unpaired) electrons. The highest BCUT2D eigenvalue weighted by molar-refractivity contribution is 5.88. The number of aromatic carboxylic acids is 1. The third kappa shape index (κ3) is 2.64. The van der Waals surface area contributed by atoms with E-state index in [-0.39, 0.29) is 18.0 Å². The summed E-state index contributed by atoms with van der Waals surface area (Å²) in [5.74, 6) is -2.57. The third-order valence-corrected chi connectivity index (χ3v) is 5.22. The maximum atomic E-state index is 12.0. The van der Waals surface area contributed by atoms with Crippen molar-refractivity contribution in [2.75, 3.05) is 20.1 Å². The zero-order valence-corrected chi connectivity index (χ0v) is 13.3. The van der Waals surface area contributed by atoms with E-state index in [1.54, 1.807) is 11.9 Å². The van der Waals surface area contributed by atoms with Gasteiger partial charge in [-0.3, -0.25) is 14.5 Å². The van der Waals surface area contributed by atoms with E-state index in [1.165, 1.54) is 0 Å². The van der Waals surface area contributed by atoms with E-state index in [1.807, 2.05) is 4.90 Å². The first-order valence-electron chi connectivity index (χ1n) is 7.73. The SMILES string of the molecule is CN1C(=O)CC(C(=O)O)C12CCN(Cc1nc(C(=O)O)co1)CC2. The number of likely N-dealkylation sites (tertiary alicyclic amines) is 2. The van der Waals surface area contributed by atoms with Crippen molar-refractivity contribution in [3.05, 3.63) is 17.8 Å². The predicted molar refractivity (Wildman–Crippen MR) is 79.2 cm³/mol. The molecule has 1 spiro atoms. The summed E-state index contributed by atoms with van der Waals surface area (Å²) in [6, 6.07) is 0. The van der Waals surface area contributed by atoms with Crippen molar-refractivity contribution in [2.45, 2.75) is 31.3 Å². The highest BCUT2D eigenvalue weighted by atomic mass is 16.4.